The molecule has 1 aromatic carbocycles. The van der Waals surface area contributed by atoms with E-state index in [1.54, 1.807) is 0 Å². The van der Waals surface area contributed by atoms with Crippen LogP contribution in [0.2, 0.25) is 0 Å². The molecule has 0 saturated carbocycles. The molecule has 16 heavy (non-hydrogen) atoms. The highest BCUT2D eigenvalue weighted by molar-refractivity contribution is 5.31. The van der Waals surface area contributed by atoms with Crippen LogP contribution in [-0.2, 0) is 0 Å². The average Bonchev–Trinajstić information content (AvgIpc) is 2.15. The zero-order valence-corrected chi connectivity index (χ0v) is 8.94. The van der Waals surface area contributed by atoms with Crippen molar-refractivity contribution in [2.24, 2.45) is 0 Å². The minimum atomic E-state index is -4.24. The summed E-state index contributed by atoms with van der Waals surface area (Å²) >= 11 is 0. The van der Waals surface area contributed by atoms with E-state index in [1.807, 2.05) is 0 Å². The van der Waals surface area contributed by atoms with Gasteiger partial charge in [0.15, 0.2) is 11.6 Å². The predicted octanol–water partition coefficient (Wildman–Crippen LogP) is 3.89. The van der Waals surface area contributed by atoms with Crippen LogP contribution < -0.4 is 4.74 Å². The quantitative estimate of drug-likeness (QED) is 0.723. The number of alkyl halides is 3. The lowest BCUT2D eigenvalue weighted by Gasteiger charge is -2.15. The van der Waals surface area contributed by atoms with E-state index in [0.717, 1.165) is 6.07 Å². The summed E-state index contributed by atoms with van der Waals surface area (Å²) in [4.78, 5) is 0. The molecule has 0 bridgehead atoms. The lowest BCUT2D eigenvalue weighted by Crippen LogP contribution is -2.12. The first-order valence-electron chi connectivity index (χ1n) is 4.73. The molecule has 0 saturated heterocycles. The van der Waals surface area contributed by atoms with Gasteiger partial charge in [-0.3, -0.25) is 0 Å². The Hall–Kier alpha value is -1.26. The largest absolute Gasteiger partial charge is 0.494 e. The topological polar surface area (TPSA) is 9.23 Å². The molecule has 0 spiro atoms. The highest BCUT2D eigenvalue weighted by atomic mass is 19.4. The second-order valence-corrected chi connectivity index (χ2v) is 3.61. The summed E-state index contributed by atoms with van der Waals surface area (Å²) in [6.07, 6.45) is -5.20. The van der Waals surface area contributed by atoms with Gasteiger partial charge in [-0.15, -0.1) is 0 Å². The first-order valence-corrected chi connectivity index (χ1v) is 4.73. The van der Waals surface area contributed by atoms with Gasteiger partial charge in [0, 0.05) is 0 Å². The molecule has 1 atom stereocenters. The van der Waals surface area contributed by atoms with Crippen molar-refractivity contribution in [3.05, 3.63) is 29.6 Å². The number of benzene rings is 1. The van der Waals surface area contributed by atoms with Crippen molar-refractivity contribution in [1.82, 2.24) is 0 Å². The van der Waals surface area contributed by atoms with Gasteiger partial charge in [-0.05, 0) is 23.6 Å². The van der Waals surface area contributed by atoms with E-state index in [4.69, 9.17) is 0 Å². The number of halogens is 4. The maximum Gasteiger partial charge on any atom is 0.389 e. The SMILES string of the molecule is COc1ccc(C(C)CC(F)(F)F)cc1F. The van der Waals surface area contributed by atoms with E-state index in [0.29, 0.717) is 5.56 Å². The van der Waals surface area contributed by atoms with Crippen LogP contribution in [0, 0.1) is 5.82 Å². The van der Waals surface area contributed by atoms with Crippen molar-refractivity contribution in [2.45, 2.75) is 25.4 Å². The van der Waals surface area contributed by atoms with Gasteiger partial charge in [0.2, 0.25) is 0 Å². The molecule has 0 radical (unpaired) electrons. The Morgan fingerprint density at radius 2 is 1.94 bits per heavy atom. The number of rotatable bonds is 3. The molecule has 0 aliphatic rings. The molecule has 0 aromatic heterocycles. The molecule has 0 heterocycles. The first-order chi connectivity index (χ1) is 7.33. The molecule has 90 valence electrons. The fourth-order valence-electron chi connectivity index (χ4n) is 1.45. The summed E-state index contributed by atoms with van der Waals surface area (Å²) in [5.74, 6) is -1.38. The molecule has 0 amide bonds. The van der Waals surface area contributed by atoms with Crippen LogP contribution in [0.1, 0.15) is 24.8 Å². The fraction of sp³-hybridized carbons (Fsp3) is 0.455. The smallest absolute Gasteiger partial charge is 0.389 e. The lowest BCUT2D eigenvalue weighted by molar-refractivity contribution is -0.137. The highest BCUT2D eigenvalue weighted by Gasteiger charge is 2.30. The molecule has 1 unspecified atom stereocenters. The maximum absolute atomic E-state index is 13.2. The number of ether oxygens (including phenoxy) is 1. The molecule has 1 nitrogen and oxygen atoms in total. The zero-order valence-electron chi connectivity index (χ0n) is 8.94. The van der Waals surface area contributed by atoms with Gasteiger partial charge in [0.25, 0.3) is 0 Å². The van der Waals surface area contributed by atoms with Gasteiger partial charge >= 0.3 is 6.18 Å². The van der Waals surface area contributed by atoms with Gasteiger partial charge in [-0.2, -0.15) is 13.2 Å². The first kappa shape index (κ1) is 12.8. The highest BCUT2D eigenvalue weighted by Crippen LogP contribution is 2.32. The Balaban J connectivity index is 2.85. The van der Waals surface area contributed by atoms with Gasteiger partial charge in [-0.25, -0.2) is 4.39 Å². The standard InChI is InChI=1S/C11H12F4O/c1-7(6-11(13,14)15)8-3-4-10(16-2)9(12)5-8/h3-5,7H,6H2,1-2H3. The van der Waals surface area contributed by atoms with Gasteiger partial charge < -0.3 is 4.74 Å². The third-order valence-electron chi connectivity index (χ3n) is 2.28. The number of hydrogen-bond acceptors (Lipinski definition) is 1. The van der Waals surface area contributed by atoms with Gasteiger partial charge in [-0.1, -0.05) is 13.0 Å². The molecule has 1 aromatic rings. The van der Waals surface area contributed by atoms with Gasteiger partial charge in [0.1, 0.15) is 0 Å². The number of hydrogen-bond donors (Lipinski definition) is 0. The maximum atomic E-state index is 13.2. The summed E-state index contributed by atoms with van der Waals surface area (Å²) in [5.41, 5.74) is 0.315. The summed E-state index contributed by atoms with van der Waals surface area (Å²) in [7, 11) is 1.30. The Bertz CT molecular complexity index is 359. The van der Waals surface area contributed by atoms with Crippen molar-refractivity contribution in [2.75, 3.05) is 7.11 Å². The third kappa shape index (κ3) is 3.40. The molecule has 0 fully saturated rings. The Morgan fingerprint density at radius 3 is 2.38 bits per heavy atom. The Labute approximate surface area is 91.0 Å². The van der Waals surface area contributed by atoms with Crippen molar-refractivity contribution in [3.63, 3.8) is 0 Å². The van der Waals surface area contributed by atoms with Crippen LogP contribution in [0.5, 0.6) is 5.75 Å². The van der Waals surface area contributed by atoms with E-state index in [1.165, 1.54) is 26.2 Å². The van der Waals surface area contributed by atoms with E-state index in [2.05, 4.69) is 4.74 Å². The minimum absolute atomic E-state index is 0.0305. The van der Waals surface area contributed by atoms with Crippen LogP contribution in [0.3, 0.4) is 0 Å². The minimum Gasteiger partial charge on any atom is -0.494 e. The van der Waals surface area contributed by atoms with Crippen molar-refractivity contribution in [1.29, 1.82) is 0 Å². The van der Waals surface area contributed by atoms with Gasteiger partial charge in [0.05, 0.1) is 13.5 Å². The zero-order chi connectivity index (χ0) is 12.3. The summed E-state index contributed by atoms with van der Waals surface area (Å²) < 4.78 is 54.3. The predicted molar refractivity (Wildman–Crippen MR) is 52.0 cm³/mol. The summed E-state index contributed by atoms with van der Waals surface area (Å²) in [5, 5.41) is 0. The Kier molecular flexibility index (Phi) is 3.78. The van der Waals surface area contributed by atoms with Crippen LogP contribution >= 0.6 is 0 Å². The molecule has 1 rings (SSSR count). The summed E-state index contributed by atoms with van der Waals surface area (Å²) in [6.45, 7) is 1.41. The fourth-order valence-corrected chi connectivity index (χ4v) is 1.45. The van der Waals surface area contributed by atoms with Crippen molar-refractivity contribution >= 4 is 0 Å². The molecular formula is C11H12F4O. The van der Waals surface area contributed by atoms with Crippen LogP contribution in [0.25, 0.3) is 0 Å². The summed E-state index contributed by atoms with van der Waals surface area (Å²) in [6, 6.07) is 3.85. The molecular weight excluding hydrogens is 224 g/mol. The van der Waals surface area contributed by atoms with Crippen LogP contribution in [0.15, 0.2) is 18.2 Å². The van der Waals surface area contributed by atoms with Crippen molar-refractivity contribution < 1.29 is 22.3 Å². The third-order valence-corrected chi connectivity index (χ3v) is 2.28. The van der Waals surface area contributed by atoms with E-state index in [-0.39, 0.29) is 5.75 Å². The molecule has 0 aliphatic heterocycles. The molecule has 0 N–H and O–H groups in total. The van der Waals surface area contributed by atoms with Crippen LogP contribution in [-0.4, -0.2) is 13.3 Å². The van der Waals surface area contributed by atoms with Crippen LogP contribution in [0.4, 0.5) is 17.6 Å². The lowest BCUT2D eigenvalue weighted by atomic mass is 9.97. The molecule has 5 heteroatoms. The second kappa shape index (κ2) is 4.72. The average molecular weight is 236 g/mol. The van der Waals surface area contributed by atoms with E-state index < -0.39 is 24.3 Å². The van der Waals surface area contributed by atoms with E-state index in [9.17, 15) is 17.6 Å². The number of methoxy groups -OCH3 is 1. The molecule has 0 aliphatic carbocycles. The second-order valence-electron chi connectivity index (χ2n) is 3.61. The monoisotopic (exact) mass is 236 g/mol. The normalized spacial score (nSPS) is 13.6. The van der Waals surface area contributed by atoms with Crippen molar-refractivity contribution in [3.8, 4) is 5.75 Å². The van der Waals surface area contributed by atoms with E-state index >= 15 is 0 Å². The Morgan fingerprint density at radius 1 is 1.31 bits per heavy atom.